The molecule has 0 saturated carbocycles. The number of benzene rings is 3. The summed E-state index contributed by atoms with van der Waals surface area (Å²) in [6.07, 6.45) is 1.55. The predicted octanol–water partition coefficient (Wildman–Crippen LogP) is 6.02. The van der Waals surface area contributed by atoms with Gasteiger partial charge in [-0.05, 0) is 53.4 Å². The first-order valence-electron chi connectivity index (χ1n) is 10.1. The van der Waals surface area contributed by atoms with Crippen molar-refractivity contribution in [2.45, 2.75) is 12.6 Å². The first-order valence-corrected chi connectivity index (χ1v) is 10.9. The van der Waals surface area contributed by atoms with Crippen LogP contribution in [0.25, 0.3) is 10.8 Å². The molecule has 1 aromatic heterocycles. The summed E-state index contributed by atoms with van der Waals surface area (Å²) >= 11 is 12.8. The normalized spacial score (nSPS) is 15.2. The molecule has 4 aromatic rings. The van der Waals surface area contributed by atoms with Crippen molar-refractivity contribution in [1.29, 1.82) is 0 Å². The Hall–Kier alpha value is -3.35. The maximum atomic E-state index is 14.3. The number of rotatable bonds is 4. The zero-order chi connectivity index (χ0) is 23.3. The van der Waals surface area contributed by atoms with Gasteiger partial charge in [0.1, 0.15) is 16.7 Å². The first-order chi connectivity index (χ1) is 15.9. The van der Waals surface area contributed by atoms with Crippen molar-refractivity contribution in [3.05, 3.63) is 99.0 Å². The molecule has 2 heterocycles. The molecule has 3 aromatic carbocycles. The van der Waals surface area contributed by atoms with Gasteiger partial charge in [-0.2, -0.15) is 0 Å². The Labute approximate surface area is 199 Å². The highest BCUT2D eigenvalue weighted by molar-refractivity contribution is 6.35. The second-order valence-electron chi connectivity index (χ2n) is 7.80. The molecule has 166 valence electrons. The van der Waals surface area contributed by atoms with Gasteiger partial charge in [0.05, 0.1) is 18.7 Å². The number of nitrogens with zero attached hydrogens (tertiary/aromatic N) is 2. The number of amides is 1. The molecule has 0 saturated heterocycles. The Kier molecular flexibility index (Phi) is 5.35. The fourth-order valence-corrected chi connectivity index (χ4v) is 4.84. The van der Waals surface area contributed by atoms with Gasteiger partial charge in [0.15, 0.2) is 0 Å². The van der Waals surface area contributed by atoms with Crippen molar-refractivity contribution >= 4 is 45.6 Å². The van der Waals surface area contributed by atoms with E-state index in [1.807, 2.05) is 24.3 Å². The molecule has 0 bridgehead atoms. The number of nitrogen functional groups attached to an aromatic ring is 1. The van der Waals surface area contributed by atoms with Gasteiger partial charge >= 0.3 is 0 Å². The van der Waals surface area contributed by atoms with Gasteiger partial charge in [0.25, 0.3) is 5.91 Å². The second-order valence-corrected chi connectivity index (χ2v) is 8.57. The summed E-state index contributed by atoms with van der Waals surface area (Å²) in [4.78, 5) is 19.6. The summed E-state index contributed by atoms with van der Waals surface area (Å²) in [6.45, 7) is 0.259. The predicted molar refractivity (Wildman–Crippen MR) is 127 cm³/mol. The van der Waals surface area contributed by atoms with Crippen LogP contribution in [0.3, 0.4) is 0 Å². The zero-order valence-electron chi connectivity index (χ0n) is 17.5. The smallest absolute Gasteiger partial charge is 0.256 e. The van der Waals surface area contributed by atoms with Gasteiger partial charge in [-0.15, -0.1) is 0 Å². The lowest BCUT2D eigenvalue weighted by Gasteiger charge is -2.27. The van der Waals surface area contributed by atoms with E-state index in [1.165, 1.54) is 18.2 Å². The van der Waals surface area contributed by atoms with E-state index in [1.54, 1.807) is 30.3 Å². The van der Waals surface area contributed by atoms with Crippen molar-refractivity contribution in [3.8, 4) is 5.75 Å². The summed E-state index contributed by atoms with van der Waals surface area (Å²) in [5.74, 6) is 0.00824. The molecule has 2 N–H and O–H groups in total. The van der Waals surface area contributed by atoms with Crippen LogP contribution in [-0.2, 0) is 6.54 Å². The summed E-state index contributed by atoms with van der Waals surface area (Å²) in [5, 5.41) is 1.82. The molecule has 1 unspecified atom stereocenters. The highest BCUT2D eigenvalue weighted by Gasteiger charge is 2.41. The fraction of sp³-hybridized carbons (Fsp3) is 0.120. The maximum absolute atomic E-state index is 14.3. The molecule has 0 aliphatic carbocycles. The number of fused-ring (bicyclic) bond motifs is 3. The van der Waals surface area contributed by atoms with Crippen molar-refractivity contribution in [2.24, 2.45) is 0 Å². The molecule has 33 heavy (non-hydrogen) atoms. The number of methoxy groups -OCH3 is 1. The lowest BCUT2D eigenvalue weighted by Crippen LogP contribution is -2.28. The van der Waals surface area contributed by atoms with Crippen LogP contribution < -0.4 is 10.5 Å². The van der Waals surface area contributed by atoms with E-state index >= 15 is 0 Å². The van der Waals surface area contributed by atoms with Crippen LogP contribution in [0.4, 0.5) is 10.1 Å². The molecular weight excluding hydrogens is 464 g/mol. The first kappa shape index (κ1) is 21.5. The molecule has 5 nitrogen and oxygen atoms in total. The SMILES string of the molecule is COc1ccc(CN2C(=O)c3c(c(N)cc4c(Cl)nccc34)C2c2cc(F)ccc2Cl)cc1. The summed E-state index contributed by atoms with van der Waals surface area (Å²) in [7, 11) is 1.59. The molecule has 0 fully saturated rings. The second kappa shape index (κ2) is 8.21. The number of carbonyl (C=O) groups excluding carboxylic acids is 1. The highest BCUT2D eigenvalue weighted by Crippen LogP contribution is 2.47. The Bertz CT molecular complexity index is 1410. The average Bonchev–Trinajstić information content (AvgIpc) is 3.10. The molecule has 1 aliphatic rings. The number of halogens is 3. The van der Waals surface area contributed by atoms with Crippen molar-refractivity contribution in [2.75, 3.05) is 12.8 Å². The van der Waals surface area contributed by atoms with Crippen LogP contribution in [0.15, 0.2) is 60.8 Å². The van der Waals surface area contributed by atoms with Crippen molar-refractivity contribution in [1.82, 2.24) is 9.88 Å². The topological polar surface area (TPSA) is 68.5 Å². The van der Waals surface area contributed by atoms with Crippen LogP contribution in [0.2, 0.25) is 10.2 Å². The maximum Gasteiger partial charge on any atom is 0.256 e. The zero-order valence-corrected chi connectivity index (χ0v) is 19.0. The van der Waals surface area contributed by atoms with Crippen LogP contribution in [0.5, 0.6) is 5.75 Å². The van der Waals surface area contributed by atoms with Gasteiger partial charge < -0.3 is 15.4 Å². The molecule has 0 spiro atoms. The van der Waals surface area contributed by atoms with Crippen LogP contribution in [-0.4, -0.2) is 22.9 Å². The fourth-order valence-electron chi connectivity index (χ4n) is 4.41. The Morgan fingerprint density at radius 2 is 1.85 bits per heavy atom. The number of pyridine rings is 1. The van der Waals surface area contributed by atoms with Gasteiger partial charge in [0, 0.05) is 40.0 Å². The minimum atomic E-state index is -0.672. The minimum absolute atomic E-state index is 0.245. The number of anilines is 1. The van der Waals surface area contributed by atoms with E-state index in [0.29, 0.717) is 43.9 Å². The van der Waals surface area contributed by atoms with E-state index in [-0.39, 0.29) is 17.6 Å². The number of nitrogens with two attached hydrogens (primary N) is 1. The Morgan fingerprint density at radius 1 is 1.09 bits per heavy atom. The third kappa shape index (κ3) is 3.56. The molecule has 1 amide bonds. The molecule has 8 heteroatoms. The summed E-state index contributed by atoms with van der Waals surface area (Å²) < 4.78 is 19.5. The lowest BCUT2D eigenvalue weighted by atomic mass is 9.93. The standard InChI is InChI=1S/C25H18Cl2FN3O2/c1-33-15-5-2-13(3-6-15)12-31-23(18-10-14(28)4-7-19(18)26)22-20(29)11-17-16(21(22)25(31)32)8-9-30-24(17)27/h2-11,23H,12,29H2,1H3. The molecular formula is C25H18Cl2FN3O2. The third-order valence-corrected chi connectivity index (χ3v) is 6.56. The number of aromatic nitrogens is 1. The van der Waals surface area contributed by atoms with Crippen LogP contribution in [0.1, 0.15) is 33.1 Å². The summed E-state index contributed by atoms with van der Waals surface area (Å²) in [5.41, 5.74) is 9.16. The minimum Gasteiger partial charge on any atom is -0.497 e. The third-order valence-electron chi connectivity index (χ3n) is 5.92. The van der Waals surface area contributed by atoms with E-state index in [2.05, 4.69) is 4.98 Å². The number of carbonyl (C=O) groups is 1. The number of hydrogen-bond donors (Lipinski definition) is 1. The number of ether oxygens (including phenoxy) is 1. The average molecular weight is 482 g/mol. The van der Waals surface area contributed by atoms with Crippen molar-refractivity contribution in [3.63, 3.8) is 0 Å². The molecule has 0 radical (unpaired) electrons. The summed E-state index contributed by atoms with van der Waals surface area (Å²) in [6, 6.07) is 14.3. The van der Waals surface area contributed by atoms with Crippen molar-refractivity contribution < 1.29 is 13.9 Å². The van der Waals surface area contributed by atoms with Crippen LogP contribution >= 0.6 is 23.2 Å². The van der Waals surface area contributed by atoms with Gasteiger partial charge in [-0.25, -0.2) is 9.37 Å². The Balaban J connectivity index is 1.74. The van der Waals surface area contributed by atoms with E-state index in [4.69, 9.17) is 33.7 Å². The monoisotopic (exact) mass is 481 g/mol. The quantitative estimate of drug-likeness (QED) is 0.286. The van der Waals surface area contributed by atoms with Crippen LogP contribution in [0, 0.1) is 5.82 Å². The van der Waals surface area contributed by atoms with Gasteiger partial charge in [-0.3, -0.25) is 4.79 Å². The highest BCUT2D eigenvalue weighted by atomic mass is 35.5. The molecule has 1 atom stereocenters. The molecule has 1 aliphatic heterocycles. The lowest BCUT2D eigenvalue weighted by molar-refractivity contribution is 0.0737. The van der Waals surface area contributed by atoms with E-state index < -0.39 is 11.9 Å². The van der Waals surface area contributed by atoms with E-state index in [0.717, 1.165) is 5.56 Å². The molecule has 5 rings (SSSR count). The van der Waals surface area contributed by atoms with Gasteiger partial charge in [0.2, 0.25) is 0 Å². The van der Waals surface area contributed by atoms with E-state index in [9.17, 15) is 9.18 Å². The van der Waals surface area contributed by atoms with Gasteiger partial charge in [-0.1, -0.05) is 35.3 Å². The Morgan fingerprint density at radius 3 is 2.58 bits per heavy atom. The number of hydrogen-bond acceptors (Lipinski definition) is 4. The largest absolute Gasteiger partial charge is 0.497 e.